The Balaban J connectivity index is 2.56. The molecule has 0 bridgehead atoms. The first-order valence-electron chi connectivity index (χ1n) is 5.99. The lowest BCUT2D eigenvalue weighted by atomic mass is 10.0. The van der Waals surface area contributed by atoms with Crippen LogP contribution in [0.1, 0.15) is 16.0 Å². The van der Waals surface area contributed by atoms with Gasteiger partial charge in [-0.15, -0.1) is 0 Å². The van der Waals surface area contributed by atoms with Crippen LogP contribution >= 0.6 is 15.9 Å². The molecule has 0 aliphatic rings. The Bertz CT molecular complexity index is 641. The van der Waals surface area contributed by atoms with Gasteiger partial charge in [0.05, 0.1) is 19.0 Å². The van der Waals surface area contributed by atoms with Crippen molar-refractivity contribution in [3.05, 3.63) is 58.9 Å². The van der Waals surface area contributed by atoms with Gasteiger partial charge in [-0.3, -0.25) is 0 Å². The third kappa shape index (κ3) is 3.00. The zero-order valence-electron chi connectivity index (χ0n) is 11.3. The standard InChI is InChI=1S/C15H12BrF3O2/c1-20-12-6-8(11(19)7-13(12)21-2)15(16)14-9(17)4-3-5-10(14)18/h3-7,15H,1-2H3. The summed E-state index contributed by atoms with van der Waals surface area (Å²) in [6.07, 6.45) is 0. The van der Waals surface area contributed by atoms with E-state index in [1.54, 1.807) is 0 Å². The van der Waals surface area contributed by atoms with Crippen LogP contribution < -0.4 is 9.47 Å². The molecule has 2 aromatic rings. The van der Waals surface area contributed by atoms with Crippen molar-refractivity contribution in [3.63, 3.8) is 0 Å². The van der Waals surface area contributed by atoms with E-state index in [2.05, 4.69) is 15.9 Å². The number of rotatable bonds is 4. The second kappa shape index (κ2) is 6.39. The lowest BCUT2D eigenvalue weighted by molar-refractivity contribution is 0.351. The zero-order valence-corrected chi connectivity index (χ0v) is 12.9. The molecule has 1 unspecified atom stereocenters. The third-order valence-corrected chi connectivity index (χ3v) is 3.98. The highest BCUT2D eigenvalue weighted by Gasteiger charge is 2.24. The van der Waals surface area contributed by atoms with Crippen LogP contribution in [0.4, 0.5) is 13.2 Å². The quantitative estimate of drug-likeness (QED) is 0.741. The van der Waals surface area contributed by atoms with E-state index in [0.29, 0.717) is 0 Å². The third-order valence-electron chi connectivity index (χ3n) is 3.03. The van der Waals surface area contributed by atoms with Gasteiger partial charge in [0.15, 0.2) is 11.5 Å². The molecule has 0 heterocycles. The number of benzene rings is 2. The van der Waals surface area contributed by atoms with Crippen molar-refractivity contribution in [2.24, 2.45) is 0 Å². The van der Waals surface area contributed by atoms with E-state index in [4.69, 9.17) is 9.47 Å². The Kier molecular flexibility index (Phi) is 4.77. The summed E-state index contributed by atoms with van der Waals surface area (Å²) in [5, 5.41) is 0. The van der Waals surface area contributed by atoms with Gasteiger partial charge in [0.25, 0.3) is 0 Å². The van der Waals surface area contributed by atoms with Gasteiger partial charge in [-0.2, -0.15) is 0 Å². The van der Waals surface area contributed by atoms with Crippen LogP contribution in [0.25, 0.3) is 0 Å². The Morgan fingerprint density at radius 1 is 0.905 bits per heavy atom. The molecular formula is C15H12BrF3O2. The molecule has 2 nitrogen and oxygen atoms in total. The summed E-state index contributed by atoms with van der Waals surface area (Å²) in [5.41, 5.74) is -0.208. The number of alkyl halides is 1. The molecule has 0 radical (unpaired) electrons. The minimum absolute atomic E-state index is 0.0525. The molecule has 0 N–H and O–H groups in total. The summed E-state index contributed by atoms with van der Waals surface area (Å²) in [4.78, 5) is -0.987. The fourth-order valence-corrected chi connectivity index (χ4v) is 2.76. The van der Waals surface area contributed by atoms with Crippen LogP contribution in [-0.2, 0) is 0 Å². The largest absolute Gasteiger partial charge is 0.493 e. The van der Waals surface area contributed by atoms with Gasteiger partial charge in [0.2, 0.25) is 0 Å². The number of hydrogen-bond donors (Lipinski definition) is 0. The van der Waals surface area contributed by atoms with Crippen LogP contribution in [0.2, 0.25) is 0 Å². The average molecular weight is 361 g/mol. The van der Waals surface area contributed by atoms with Gasteiger partial charge in [0.1, 0.15) is 17.5 Å². The van der Waals surface area contributed by atoms with Gasteiger partial charge in [-0.05, 0) is 18.2 Å². The number of halogens is 4. The Labute approximate surface area is 128 Å². The van der Waals surface area contributed by atoms with E-state index < -0.39 is 22.3 Å². The van der Waals surface area contributed by atoms with Crippen LogP contribution in [0.3, 0.4) is 0 Å². The highest BCUT2D eigenvalue weighted by atomic mass is 79.9. The van der Waals surface area contributed by atoms with E-state index in [-0.39, 0.29) is 22.6 Å². The predicted molar refractivity (Wildman–Crippen MR) is 76.6 cm³/mol. The summed E-state index contributed by atoms with van der Waals surface area (Å²) in [5.74, 6) is -1.70. The Hall–Kier alpha value is -1.69. The maximum atomic E-state index is 14.1. The van der Waals surface area contributed by atoms with E-state index in [0.717, 1.165) is 18.2 Å². The van der Waals surface area contributed by atoms with Gasteiger partial charge in [-0.25, -0.2) is 13.2 Å². The lowest BCUT2D eigenvalue weighted by Gasteiger charge is -2.16. The molecule has 0 spiro atoms. The van der Waals surface area contributed by atoms with Crippen LogP contribution in [0.15, 0.2) is 30.3 Å². The molecule has 2 aromatic carbocycles. The molecule has 0 saturated heterocycles. The number of ether oxygens (including phenoxy) is 2. The monoisotopic (exact) mass is 360 g/mol. The van der Waals surface area contributed by atoms with Gasteiger partial charge < -0.3 is 9.47 Å². The number of methoxy groups -OCH3 is 2. The maximum absolute atomic E-state index is 14.1. The van der Waals surface area contributed by atoms with Crippen LogP contribution in [0, 0.1) is 17.5 Å². The molecule has 1 atom stereocenters. The maximum Gasteiger partial charge on any atom is 0.163 e. The fourth-order valence-electron chi connectivity index (χ4n) is 1.97. The number of hydrogen-bond acceptors (Lipinski definition) is 2. The van der Waals surface area contributed by atoms with E-state index in [1.807, 2.05) is 0 Å². The fraction of sp³-hybridized carbons (Fsp3) is 0.200. The minimum atomic E-state index is -0.987. The summed E-state index contributed by atoms with van der Waals surface area (Å²) < 4.78 is 51.8. The first kappa shape index (κ1) is 15.7. The first-order chi connectivity index (χ1) is 9.99. The molecule has 2 rings (SSSR count). The molecule has 112 valence electrons. The highest BCUT2D eigenvalue weighted by Crippen LogP contribution is 2.40. The zero-order chi connectivity index (χ0) is 15.6. The van der Waals surface area contributed by atoms with Crippen LogP contribution in [-0.4, -0.2) is 14.2 Å². The van der Waals surface area contributed by atoms with Crippen molar-refractivity contribution in [1.29, 1.82) is 0 Å². The molecule has 0 aliphatic carbocycles. The van der Waals surface area contributed by atoms with Gasteiger partial charge >= 0.3 is 0 Å². The van der Waals surface area contributed by atoms with E-state index >= 15 is 0 Å². The summed E-state index contributed by atoms with van der Waals surface area (Å²) in [6.45, 7) is 0. The van der Waals surface area contributed by atoms with E-state index in [9.17, 15) is 13.2 Å². The molecule has 0 amide bonds. The molecule has 6 heteroatoms. The van der Waals surface area contributed by atoms with Crippen molar-refractivity contribution in [1.82, 2.24) is 0 Å². The van der Waals surface area contributed by atoms with Gasteiger partial charge in [0, 0.05) is 17.2 Å². The normalized spacial score (nSPS) is 12.1. The predicted octanol–water partition coefficient (Wildman–Crippen LogP) is 4.61. The molecule has 0 saturated carbocycles. The summed E-state index contributed by atoms with van der Waals surface area (Å²) in [7, 11) is 2.77. The smallest absolute Gasteiger partial charge is 0.163 e. The molecule has 0 aromatic heterocycles. The van der Waals surface area contributed by atoms with Crippen LogP contribution in [0.5, 0.6) is 11.5 Å². The van der Waals surface area contributed by atoms with Crippen molar-refractivity contribution < 1.29 is 22.6 Å². The lowest BCUT2D eigenvalue weighted by Crippen LogP contribution is -2.04. The summed E-state index contributed by atoms with van der Waals surface area (Å²) in [6, 6.07) is 5.94. The minimum Gasteiger partial charge on any atom is -0.493 e. The van der Waals surface area contributed by atoms with Crippen molar-refractivity contribution in [2.45, 2.75) is 4.83 Å². The second-order valence-electron chi connectivity index (χ2n) is 4.23. The molecule has 0 aliphatic heterocycles. The van der Waals surface area contributed by atoms with Gasteiger partial charge in [-0.1, -0.05) is 22.0 Å². The second-order valence-corrected chi connectivity index (χ2v) is 5.14. The topological polar surface area (TPSA) is 18.5 Å². The highest BCUT2D eigenvalue weighted by molar-refractivity contribution is 9.09. The van der Waals surface area contributed by atoms with Crippen molar-refractivity contribution in [2.75, 3.05) is 14.2 Å². The first-order valence-corrected chi connectivity index (χ1v) is 6.90. The molecule has 0 fully saturated rings. The molecule has 21 heavy (non-hydrogen) atoms. The average Bonchev–Trinajstić information content (AvgIpc) is 2.46. The van der Waals surface area contributed by atoms with Crippen molar-refractivity contribution >= 4 is 15.9 Å². The van der Waals surface area contributed by atoms with Crippen molar-refractivity contribution in [3.8, 4) is 11.5 Å². The summed E-state index contributed by atoms with van der Waals surface area (Å²) >= 11 is 3.14. The Morgan fingerprint density at radius 3 is 1.95 bits per heavy atom. The molecular weight excluding hydrogens is 349 g/mol. The SMILES string of the molecule is COc1cc(F)c(C(Br)c2c(F)cccc2F)cc1OC. The Morgan fingerprint density at radius 2 is 1.43 bits per heavy atom. The van der Waals surface area contributed by atoms with E-state index in [1.165, 1.54) is 26.4 Å².